The predicted molar refractivity (Wildman–Crippen MR) is 122 cm³/mol. The molecule has 2 rings (SSSR count). The summed E-state index contributed by atoms with van der Waals surface area (Å²) in [6.07, 6.45) is 2.80. The Bertz CT molecular complexity index is 668. The second kappa shape index (κ2) is 13.3. The molecule has 9 heteroatoms. The van der Waals surface area contributed by atoms with Crippen LogP contribution in [0.1, 0.15) is 38.3 Å². The van der Waals surface area contributed by atoms with Crippen molar-refractivity contribution >= 4 is 47.6 Å². The van der Waals surface area contributed by atoms with Crippen LogP contribution in [-0.2, 0) is 9.59 Å². The standard InChI is InChI=1S/C19H30N6O2.HI/c1-3-20-19(21-11-6-14-25-13-5-9-18(25)27)22-12-10-17(26)24-16-8-4-7-15(2)23-16;/h4,7-8H,3,5-6,9-14H2,1-2H3,(H2,20,21,22)(H,23,24,26);1H. The summed E-state index contributed by atoms with van der Waals surface area (Å²) in [6, 6.07) is 5.52. The Morgan fingerprint density at radius 3 is 2.82 bits per heavy atom. The lowest BCUT2D eigenvalue weighted by Gasteiger charge is -2.15. The van der Waals surface area contributed by atoms with Crippen molar-refractivity contribution in [2.45, 2.75) is 39.5 Å². The Hall–Kier alpha value is -1.91. The number of pyridine rings is 1. The molecule has 156 valence electrons. The van der Waals surface area contributed by atoms with Gasteiger partial charge in [0, 0.05) is 51.3 Å². The van der Waals surface area contributed by atoms with Crippen LogP contribution in [0.15, 0.2) is 23.2 Å². The number of nitrogens with one attached hydrogen (secondary N) is 3. The normalized spacial score (nSPS) is 13.9. The van der Waals surface area contributed by atoms with Crippen LogP contribution in [0.25, 0.3) is 0 Å². The number of hydrogen-bond donors (Lipinski definition) is 3. The average molecular weight is 502 g/mol. The van der Waals surface area contributed by atoms with Crippen molar-refractivity contribution in [3.8, 4) is 0 Å². The second-order valence-corrected chi connectivity index (χ2v) is 6.49. The molecule has 3 N–H and O–H groups in total. The summed E-state index contributed by atoms with van der Waals surface area (Å²) in [6.45, 7) is 7.37. The number of halogens is 1. The minimum Gasteiger partial charge on any atom is -0.357 e. The molecule has 0 radical (unpaired) electrons. The van der Waals surface area contributed by atoms with Crippen molar-refractivity contribution in [3.63, 3.8) is 0 Å². The van der Waals surface area contributed by atoms with Gasteiger partial charge in [-0.3, -0.25) is 14.6 Å². The maximum absolute atomic E-state index is 12.0. The Kier molecular flexibility index (Phi) is 11.5. The van der Waals surface area contributed by atoms with Gasteiger partial charge >= 0.3 is 0 Å². The molecule has 0 unspecified atom stereocenters. The second-order valence-electron chi connectivity index (χ2n) is 6.49. The Morgan fingerprint density at radius 1 is 1.32 bits per heavy atom. The van der Waals surface area contributed by atoms with E-state index in [1.54, 1.807) is 6.07 Å². The molecule has 8 nitrogen and oxygen atoms in total. The smallest absolute Gasteiger partial charge is 0.227 e. The third kappa shape index (κ3) is 8.85. The van der Waals surface area contributed by atoms with E-state index in [4.69, 9.17) is 0 Å². The van der Waals surface area contributed by atoms with Crippen LogP contribution in [0.4, 0.5) is 5.82 Å². The first kappa shape index (κ1) is 24.1. The van der Waals surface area contributed by atoms with Crippen LogP contribution < -0.4 is 16.0 Å². The van der Waals surface area contributed by atoms with Crippen molar-refractivity contribution in [3.05, 3.63) is 23.9 Å². The van der Waals surface area contributed by atoms with Gasteiger partial charge in [-0.25, -0.2) is 4.98 Å². The topological polar surface area (TPSA) is 98.7 Å². The first-order valence-electron chi connectivity index (χ1n) is 9.62. The van der Waals surface area contributed by atoms with Crippen LogP contribution in [-0.4, -0.2) is 60.4 Å². The number of carbonyl (C=O) groups excluding carboxylic acids is 2. The number of rotatable bonds is 9. The van der Waals surface area contributed by atoms with Gasteiger partial charge in [-0.2, -0.15) is 0 Å². The summed E-state index contributed by atoms with van der Waals surface area (Å²) in [5.41, 5.74) is 0.864. The number of aliphatic imine (C=N–C) groups is 1. The monoisotopic (exact) mass is 502 g/mol. The van der Waals surface area contributed by atoms with Crippen LogP contribution in [0, 0.1) is 6.92 Å². The molecule has 2 amide bonds. The molecular formula is C19H31IN6O2. The molecule has 2 heterocycles. The van der Waals surface area contributed by atoms with Crippen molar-refractivity contribution in [1.29, 1.82) is 0 Å². The number of likely N-dealkylation sites (tertiary alicyclic amines) is 1. The minimum absolute atomic E-state index is 0. The maximum atomic E-state index is 12.0. The molecule has 1 aliphatic rings. The summed E-state index contributed by atoms with van der Waals surface area (Å²) < 4.78 is 0. The van der Waals surface area contributed by atoms with E-state index in [2.05, 4.69) is 25.9 Å². The molecule has 28 heavy (non-hydrogen) atoms. The number of amides is 2. The highest BCUT2D eigenvalue weighted by molar-refractivity contribution is 14.0. The van der Waals surface area contributed by atoms with E-state index in [1.807, 2.05) is 30.9 Å². The van der Waals surface area contributed by atoms with Gasteiger partial charge in [0.15, 0.2) is 5.96 Å². The summed E-state index contributed by atoms with van der Waals surface area (Å²) in [5, 5.41) is 9.12. The first-order chi connectivity index (χ1) is 13.1. The zero-order valence-electron chi connectivity index (χ0n) is 16.7. The predicted octanol–water partition coefficient (Wildman–Crippen LogP) is 1.90. The summed E-state index contributed by atoms with van der Waals surface area (Å²) in [5.74, 6) is 1.41. The summed E-state index contributed by atoms with van der Waals surface area (Å²) >= 11 is 0. The number of anilines is 1. The fourth-order valence-corrected chi connectivity index (χ4v) is 2.85. The third-order valence-electron chi connectivity index (χ3n) is 4.17. The molecule has 0 spiro atoms. The van der Waals surface area contributed by atoms with Gasteiger partial charge in [0.2, 0.25) is 11.8 Å². The molecule has 0 aliphatic carbocycles. The Morgan fingerprint density at radius 2 is 2.14 bits per heavy atom. The number of aromatic nitrogens is 1. The summed E-state index contributed by atoms with van der Waals surface area (Å²) in [7, 11) is 0. The first-order valence-corrected chi connectivity index (χ1v) is 9.62. The van der Waals surface area contributed by atoms with Crippen LogP contribution in [0.3, 0.4) is 0 Å². The van der Waals surface area contributed by atoms with Crippen molar-refractivity contribution in [2.75, 3.05) is 38.0 Å². The Balaban J connectivity index is 0.00000392. The van der Waals surface area contributed by atoms with E-state index >= 15 is 0 Å². The van der Waals surface area contributed by atoms with Crippen LogP contribution in [0.2, 0.25) is 0 Å². The lowest BCUT2D eigenvalue weighted by atomic mass is 10.3. The SMILES string of the molecule is CCNC(=NCCCN1CCCC1=O)NCCC(=O)Nc1cccc(C)n1.I. The van der Waals surface area contributed by atoms with E-state index in [0.717, 1.165) is 38.2 Å². The molecule has 0 saturated carbocycles. The summed E-state index contributed by atoms with van der Waals surface area (Å²) in [4.78, 5) is 34.3. The molecule has 0 aromatic carbocycles. The quantitative estimate of drug-likeness (QED) is 0.208. The molecule has 1 fully saturated rings. The van der Waals surface area contributed by atoms with E-state index in [1.165, 1.54) is 0 Å². The highest BCUT2D eigenvalue weighted by atomic mass is 127. The highest BCUT2D eigenvalue weighted by Gasteiger charge is 2.18. The molecule has 0 atom stereocenters. The maximum Gasteiger partial charge on any atom is 0.227 e. The van der Waals surface area contributed by atoms with E-state index in [0.29, 0.717) is 37.7 Å². The zero-order chi connectivity index (χ0) is 19.5. The molecular weight excluding hydrogens is 471 g/mol. The van der Waals surface area contributed by atoms with Gasteiger partial charge in [-0.05, 0) is 38.8 Å². The fraction of sp³-hybridized carbons (Fsp3) is 0.579. The molecule has 1 saturated heterocycles. The number of nitrogens with zero attached hydrogens (tertiary/aromatic N) is 3. The zero-order valence-corrected chi connectivity index (χ0v) is 19.0. The van der Waals surface area contributed by atoms with E-state index in [9.17, 15) is 9.59 Å². The number of hydrogen-bond acceptors (Lipinski definition) is 4. The minimum atomic E-state index is -0.0935. The molecule has 1 aromatic heterocycles. The lowest BCUT2D eigenvalue weighted by Crippen LogP contribution is -2.39. The lowest BCUT2D eigenvalue weighted by molar-refractivity contribution is -0.127. The van der Waals surface area contributed by atoms with E-state index in [-0.39, 0.29) is 35.8 Å². The molecule has 0 bridgehead atoms. The van der Waals surface area contributed by atoms with Gasteiger partial charge in [0.1, 0.15) is 5.82 Å². The van der Waals surface area contributed by atoms with Gasteiger partial charge in [-0.1, -0.05) is 6.07 Å². The van der Waals surface area contributed by atoms with Gasteiger partial charge in [-0.15, -0.1) is 24.0 Å². The number of guanidine groups is 1. The average Bonchev–Trinajstić information content (AvgIpc) is 3.03. The van der Waals surface area contributed by atoms with E-state index < -0.39 is 0 Å². The molecule has 1 aromatic rings. The molecule has 1 aliphatic heterocycles. The van der Waals surface area contributed by atoms with Crippen molar-refractivity contribution < 1.29 is 9.59 Å². The van der Waals surface area contributed by atoms with Crippen molar-refractivity contribution in [1.82, 2.24) is 20.5 Å². The number of aryl methyl sites for hydroxylation is 1. The van der Waals surface area contributed by atoms with Gasteiger partial charge < -0.3 is 20.9 Å². The highest BCUT2D eigenvalue weighted by Crippen LogP contribution is 2.09. The Labute approximate surface area is 184 Å². The van der Waals surface area contributed by atoms with Crippen LogP contribution in [0.5, 0.6) is 0 Å². The van der Waals surface area contributed by atoms with Gasteiger partial charge in [0.05, 0.1) is 0 Å². The van der Waals surface area contributed by atoms with Crippen LogP contribution >= 0.6 is 24.0 Å². The fourth-order valence-electron chi connectivity index (χ4n) is 2.85. The number of carbonyl (C=O) groups is 2. The van der Waals surface area contributed by atoms with Crippen molar-refractivity contribution in [2.24, 2.45) is 4.99 Å². The largest absolute Gasteiger partial charge is 0.357 e. The third-order valence-corrected chi connectivity index (χ3v) is 4.17. The van der Waals surface area contributed by atoms with Gasteiger partial charge in [0.25, 0.3) is 0 Å².